The van der Waals surface area contributed by atoms with E-state index in [1.54, 1.807) is 6.07 Å². The molecule has 1 amide bonds. The quantitative estimate of drug-likeness (QED) is 0.904. The molecular weight excluding hydrogens is 314 g/mol. The van der Waals surface area contributed by atoms with Crippen LogP contribution >= 0.6 is 0 Å². The first-order chi connectivity index (χ1) is 12.1. The van der Waals surface area contributed by atoms with Crippen LogP contribution in [0.5, 0.6) is 0 Å². The van der Waals surface area contributed by atoms with Crippen molar-refractivity contribution in [3.8, 4) is 0 Å². The van der Waals surface area contributed by atoms with Gasteiger partial charge >= 0.3 is 0 Å². The highest BCUT2D eigenvalue weighted by atomic mass is 16.5. The number of carbonyl (C=O) groups excluding carboxylic acids is 1. The summed E-state index contributed by atoms with van der Waals surface area (Å²) in [6.07, 6.45) is 4.54. The minimum absolute atomic E-state index is 0.0505. The molecule has 1 aromatic heterocycles. The van der Waals surface area contributed by atoms with Gasteiger partial charge in [0.25, 0.3) is 5.91 Å². The number of hydrogen-bond acceptors (Lipinski definition) is 4. The first kappa shape index (κ1) is 17.7. The Hall–Kier alpha value is -2.14. The van der Waals surface area contributed by atoms with E-state index in [4.69, 9.17) is 10.3 Å². The first-order valence-corrected chi connectivity index (χ1v) is 9.14. The molecule has 0 spiro atoms. The zero-order chi connectivity index (χ0) is 17.8. The van der Waals surface area contributed by atoms with Crippen molar-refractivity contribution < 1.29 is 9.32 Å². The van der Waals surface area contributed by atoms with Gasteiger partial charge in [0.2, 0.25) is 0 Å². The maximum Gasteiger partial charge on any atom is 0.276 e. The molecule has 1 heterocycles. The lowest BCUT2D eigenvalue weighted by Crippen LogP contribution is -2.44. The Balaban J connectivity index is 1.83. The van der Waals surface area contributed by atoms with E-state index < -0.39 is 0 Å². The van der Waals surface area contributed by atoms with Crippen LogP contribution in [0.3, 0.4) is 0 Å². The minimum Gasteiger partial charge on any atom is -0.361 e. The Bertz CT molecular complexity index is 717. The molecule has 0 saturated heterocycles. The van der Waals surface area contributed by atoms with Crippen molar-refractivity contribution in [2.75, 3.05) is 0 Å². The highest BCUT2D eigenvalue weighted by molar-refractivity contribution is 5.92. The van der Waals surface area contributed by atoms with E-state index in [0.717, 1.165) is 43.4 Å². The third-order valence-corrected chi connectivity index (χ3v) is 5.00. The van der Waals surface area contributed by atoms with Crippen LogP contribution in [0.2, 0.25) is 0 Å². The molecule has 1 saturated carbocycles. The maximum absolute atomic E-state index is 13.1. The summed E-state index contributed by atoms with van der Waals surface area (Å²) < 4.78 is 5.24. The van der Waals surface area contributed by atoms with Crippen LogP contribution in [-0.4, -0.2) is 28.0 Å². The second-order valence-corrected chi connectivity index (χ2v) is 7.02. The van der Waals surface area contributed by atoms with Crippen LogP contribution in [0.1, 0.15) is 60.0 Å². The Morgan fingerprint density at radius 1 is 1.28 bits per heavy atom. The lowest BCUT2D eigenvalue weighted by Gasteiger charge is -2.36. The van der Waals surface area contributed by atoms with Crippen molar-refractivity contribution in [2.45, 2.75) is 64.6 Å². The van der Waals surface area contributed by atoms with Gasteiger partial charge in [0.1, 0.15) is 5.76 Å². The van der Waals surface area contributed by atoms with E-state index in [1.807, 2.05) is 17.9 Å². The molecule has 0 aliphatic heterocycles. The average Bonchev–Trinajstić information content (AvgIpc) is 3.09. The standard InChI is InChI=1S/C20H27N3O2/c1-3-18-12-19(22-25-18)20(24)23(17-9-7-16(21)8-10-17)13-15-6-4-5-14(2)11-15/h4-6,11-12,16-17H,3,7-10,13,21H2,1-2H3. The summed E-state index contributed by atoms with van der Waals surface area (Å²) in [7, 11) is 0. The van der Waals surface area contributed by atoms with Crippen LogP contribution in [-0.2, 0) is 13.0 Å². The van der Waals surface area contributed by atoms with Gasteiger partial charge in [-0.1, -0.05) is 41.9 Å². The highest BCUT2D eigenvalue weighted by Crippen LogP contribution is 2.25. The van der Waals surface area contributed by atoms with Gasteiger partial charge < -0.3 is 15.2 Å². The molecule has 0 bridgehead atoms. The number of benzene rings is 1. The summed E-state index contributed by atoms with van der Waals surface area (Å²) in [6, 6.07) is 10.5. The van der Waals surface area contributed by atoms with Crippen LogP contribution in [0.15, 0.2) is 34.9 Å². The molecule has 1 aliphatic rings. The molecule has 0 radical (unpaired) electrons. The van der Waals surface area contributed by atoms with E-state index in [1.165, 1.54) is 5.56 Å². The van der Waals surface area contributed by atoms with Crippen molar-refractivity contribution in [1.82, 2.24) is 10.1 Å². The van der Waals surface area contributed by atoms with Gasteiger partial charge in [-0.3, -0.25) is 4.79 Å². The Labute approximate surface area is 149 Å². The second-order valence-electron chi connectivity index (χ2n) is 7.02. The Morgan fingerprint density at radius 2 is 2.04 bits per heavy atom. The molecule has 0 unspecified atom stereocenters. The molecule has 3 rings (SSSR count). The Kier molecular flexibility index (Phi) is 5.53. The number of amides is 1. The van der Waals surface area contributed by atoms with Crippen LogP contribution < -0.4 is 5.73 Å². The molecule has 134 valence electrons. The van der Waals surface area contributed by atoms with Gasteiger partial charge in [0.15, 0.2) is 5.69 Å². The molecule has 1 aliphatic carbocycles. The predicted octanol–water partition coefficient (Wildman–Crippen LogP) is 3.46. The van der Waals surface area contributed by atoms with E-state index >= 15 is 0 Å². The molecule has 5 nitrogen and oxygen atoms in total. The molecule has 2 N–H and O–H groups in total. The van der Waals surface area contributed by atoms with Crippen molar-refractivity contribution in [2.24, 2.45) is 5.73 Å². The first-order valence-electron chi connectivity index (χ1n) is 9.14. The maximum atomic E-state index is 13.1. The average molecular weight is 341 g/mol. The summed E-state index contributed by atoms with van der Waals surface area (Å²) in [6.45, 7) is 4.65. The van der Waals surface area contributed by atoms with Crippen LogP contribution in [0.4, 0.5) is 0 Å². The number of nitrogens with zero attached hydrogens (tertiary/aromatic N) is 2. The second kappa shape index (κ2) is 7.83. The number of carbonyl (C=O) groups is 1. The fraction of sp³-hybridized carbons (Fsp3) is 0.500. The van der Waals surface area contributed by atoms with Crippen LogP contribution in [0.25, 0.3) is 0 Å². The smallest absolute Gasteiger partial charge is 0.276 e. The van der Waals surface area contributed by atoms with Gasteiger partial charge in [-0.05, 0) is 38.2 Å². The molecule has 25 heavy (non-hydrogen) atoms. The van der Waals surface area contributed by atoms with E-state index in [9.17, 15) is 4.79 Å². The fourth-order valence-electron chi connectivity index (χ4n) is 3.51. The van der Waals surface area contributed by atoms with Crippen molar-refractivity contribution >= 4 is 5.91 Å². The highest BCUT2D eigenvalue weighted by Gasteiger charge is 2.30. The summed E-state index contributed by atoms with van der Waals surface area (Å²) in [4.78, 5) is 15.1. The zero-order valence-electron chi connectivity index (χ0n) is 15.1. The molecule has 1 aromatic carbocycles. The third kappa shape index (κ3) is 4.28. The fourth-order valence-corrected chi connectivity index (χ4v) is 3.51. The third-order valence-electron chi connectivity index (χ3n) is 5.00. The van der Waals surface area contributed by atoms with Crippen molar-refractivity contribution in [3.63, 3.8) is 0 Å². The largest absolute Gasteiger partial charge is 0.361 e. The monoisotopic (exact) mass is 341 g/mol. The number of nitrogens with two attached hydrogens (primary N) is 1. The minimum atomic E-state index is -0.0505. The lowest BCUT2D eigenvalue weighted by atomic mass is 9.90. The van der Waals surface area contributed by atoms with E-state index in [0.29, 0.717) is 12.2 Å². The number of hydrogen-bond donors (Lipinski definition) is 1. The van der Waals surface area contributed by atoms with Crippen LogP contribution in [0, 0.1) is 6.92 Å². The van der Waals surface area contributed by atoms with Gasteiger partial charge in [0.05, 0.1) is 0 Å². The summed E-state index contributed by atoms with van der Waals surface area (Å²) in [5, 5.41) is 3.99. The van der Waals surface area contributed by atoms with Gasteiger partial charge in [-0.2, -0.15) is 0 Å². The summed E-state index contributed by atoms with van der Waals surface area (Å²) >= 11 is 0. The topological polar surface area (TPSA) is 72.4 Å². The molecule has 2 aromatic rings. The van der Waals surface area contributed by atoms with E-state index in [2.05, 4.69) is 30.3 Å². The van der Waals surface area contributed by atoms with Crippen molar-refractivity contribution in [3.05, 3.63) is 52.9 Å². The van der Waals surface area contributed by atoms with Gasteiger partial charge in [-0.15, -0.1) is 0 Å². The SMILES string of the molecule is CCc1cc(C(=O)N(Cc2cccc(C)c2)C2CCC(N)CC2)no1. The van der Waals surface area contributed by atoms with Gasteiger partial charge in [-0.25, -0.2) is 0 Å². The summed E-state index contributed by atoms with van der Waals surface area (Å²) in [5.74, 6) is 0.690. The predicted molar refractivity (Wildman–Crippen MR) is 97.2 cm³/mol. The number of aromatic nitrogens is 1. The zero-order valence-corrected chi connectivity index (χ0v) is 15.1. The normalized spacial score (nSPS) is 20.4. The molecule has 1 fully saturated rings. The molecular formula is C20H27N3O2. The molecule has 0 atom stereocenters. The summed E-state index contributed by atoms with van der Waals surface area (Å²) in [5.41, 5.74) is 8.79. The number of aryl methyl sites for hydroxylation is 2. The number of rotatable bonds is 5. The lowest BCUT2D eigenvalue weighted by molar-refractivity contribution is 0.0595. The van der Waals surface area contributed by atoms with Crippen molar-refractivity contribution in [1.29, 1.82) is 0 Å². The van der Waals surface area contributed by atoms with E-state index in [-0.39, 0.29) is 18.0 Å². The molecule has 5 heteroatoms. The van der Waals surface area contributed by atoms with Gasteiger partial charge in [0, 0.05) is 31.1 Å². The Morgan fingerprint density at radius 3 is 2.68 bits per heavy atom.